The number of para-hydroxylation sites is 1. The van der Waals surface area contributed by atoms with Gasteiger partial charge in [-0.3, -0.25) is 4.79 Å². The molecular formula is C22H29N3O. The third kappa shape index (κ3) is 4.51. The third-order valence-electron chi connectivity index (χ3n) is 5.03. The molecule has 1 atom stereocenters. The van der Waals surface area contributed by atoms with Crippen LogP contribution in [-0.4, -0.2) is 48.0 Å². The highest BCUT2D eigenvalue weighted by Crippen LogP contribution is 2.22. The molecular weight excluding hydrogens is 322 g/mol. The Morgan fingerprint density at radius 3 is 2.31 bits per heavy atom. The van der Waals surface area contributed by atoms with Crippen LogP contribution < -0.4 is 5.01 Å². The predicted octanol–water partition coefficient (Wildman–Crippen LogP) is 3.59. The molecule has 0 spiro atoms. The molecule has 4 nitrogen and oxygen atoms in total. The number of anilines is 1. The fourth-order valence-electron chi connectivity index (χ4n) is 3.61. The number of carbonyl (C=O) groups is 1. The average Bonchev–Trinajstić information content (AvgIpc) is 2.69. The summed E-state index contributed by atoms with van der Waals surface area (Å²) < 4.78 is 0. The summed E-state index contributed by atoms with van der Waals surface area (Å²) in [6.45, 7) is 8.04. The van der Waals surface area contributed by atoms with Crippen LogP contribution in [0.15, 0.2) is 60.7 Å². The van der Waals surface area contributed by atoms with E-state index in [0.29, 0.717) is 12.5 Å². The van der Waals surface area contributed by atoms with E-state index >= 15 is 0 Å². The lowest BCUT2D eigenvalue weighted by Gasteiger charge is -2.45. The quantitative estimate of drug-likeness (QED) is 0.796. The fourth-order valence-corrected chi connectivity index (χ4v) is 3.61. The van der Waals surface area contributed by atoms with Crippen LogP contribution in [0.3, 0.4) is 0 Å². The summed E-state index contributed by atoms with van der Waals surface area (Å²) in [5.74, 6) is 0.154. The first-order chi connectivity index (χ1) is 12.7. The fraction of sp³-hybridized carbons (Fsp3) is 0.409. The number of carbonyl (C=O) groups excluding carboxylic acids is 1. The SMILES string of the molecule is CCC(=O)N(c1ccccc1)N1CCN(CCc2ccccc2)C[C@@H]1C. The maximum absolute atomic E-state index is 12.6. The normalized spacial score (nSPS) is 18.6. The van der Waals surface area contributed by atoms with E-state index in [0.717, 1.165) is 38.3 Å². The number of benzene rings is 2. The first-order valence-corrected chi connectivity index (χ1v) is 9.60. The summed E-state index contributed by atoms with van der Waals surface area (Å²) in [5.41, 5.74) is 2.35. The van der Waals surface area contributed by atoms with Gasteiger partial charge < -0.3 is 4.90 Å². The Labute approximate surface area is 157 Å². The monoisotopic (exact) mass is 351 g/mol. The van der Waals surface area contributed by atoms with E-state index in [1.165, 1.54) is 5.56 Å². The Hall–Kier alpha value is -2.17. The number of amides is 1. The van der Waals surface area contributed by atoms with Gasteiger partial charge in [0.15, 0.2) is 0 Å². The van der Waals surface area contributed by atoms with Crippen LogP contribution in [0.25, 0.3) is 0 Å². The Balaban J connectivity index is 1.64. The second-order valence-corrected chi connectivity index (χ2v) is 6.94. The van der Waals surface area contributed by atoms with Crippen molar-refractivity contribution in [1.29, 1.82) is 0 Å². The number of hydrazine groups is 1. The zero-order chi connectivity index (χ0) is 18.4. The summed E-state index contributed by atoms with van der Waals surface area (Å²) >= 11 is 0. The van der Waals surface area contributed by atoms with Crippen molar-refractivity contribution in [2.75, 3.05) is 31.2 Å². The minimum absolute atomic E-state index is 0.154. The van der Waals surface area contributed by atoms with Crippen LogP contribution >= 0.6 is 0 Å². The highest BCUT2D eigenvalue weighted by molar-refractivity contribution is 5.92. The lowest BCUT2D eigenvalue weighted by molar-refractivity contribution is -0.122. The molecule has 0 radical (unpaired) electrons. The Morgan fingerprint density at radius 1 is 1.04 bits per heavy atom. The lowest BCUT2D eigenvalue weighted by Crippen LogP contribution is -2.60. The Morgan fingerprint density at radius 2 is 1.69 bits per heavy atom. The molecule has 0 saturated carbocycles. The molecule has 1 heterocycles. The first kappa shape index (κ1) is 18.6. The Bertz CT molecular complexity index is 689. The number of rotatable bonds is 6. The number of hydrogen-bond donors (Lipinski definition) is 0. The van der Waals surface area contributed by atoms with Gasteiger partial charge in [0.05, 0.1) is 5.69 Å². The average molecular weight is 351 g/mol. The van der Waals surface area contributed by atoms with Crippen LogP contribution in [-0.2, 0) is 11.2 Å². The van der Waals surface area contributed by atoms with E-state index in [4.69, 9.17) is 0 Å². The first-order valence-electron chi connectivity index (χ1n) is 9.60. The van der Waals surface area contributed by atoms with Crippen LogP contribution in [0.5, 0.6) is 0 Å². The van der Waals surface area contributed by atoms with Crippen LogP contribution in [0.2, 0.25) is 0 Å². The molecule has 1 fully saturated rings. The lowest BCUT2D eigenvalue weighted by atomic mass is 10.1. The number of nitrogens with zero attached hydrogens (tertiary/aromatic N) is 3. The topological polar surface area (TPSA) is 26.8 Å². The standard InChI is InChI=1S/C22H29N3O/c1-3-22(26)25(21-12-8-5-9-13-21)24-17-16-23(18-19(24)2)15-14-20-10-6-4-7-11-20/h4-13,19H,3,14-18H2,1-2H3/t19-/m0/s1. The minimum Gasteiger partial charge on any atom is -0.300 e. The Kier molecular flexibility index (Phi) is 6.42. The van der Waals surface area contributed by atoms with Gasteiger partial charge in [-0.05, 0) is 31.0 Å². The molecule has 0 aliphatic carbocycles. The largest absolute Gasteiger partial charge is 0.300 e. The molecule has 1 amide bonds. The van der Waals surface area contributed by atoms with Gasteiger partial charge >= 0.3 is 0 Å². The predicted molar refractivity (Wildman–Crippen MR) is 107 cm³/mol. The van der Waals surface area contributed by atoms with Crippen LogP contribution in [0.4, 0.5) is 5.69 Å². The molecule has 1 aliphatic heterocycles. The van der Waals surface area contributed by atoms with Gasteiger partial charge in [-0.25, -0.2) is 10.0 Å². The molecule has 138 valence electrons. The van der Waals surface area contributed by atoms with Gasteiger partial charge in [-0.2, -0.15) is 0 Å². The van der Waals surface area contributed by atoms with Gasteiger partial charge in [-0.15, -0.1) is 0 Å². The van der Waals surface area contributed by atoms with Crippen molar-refractivity contribution in [3.8, 4) is 0 Å². The molecule has 1 saturated heterocycles. The summed E-state index contributed by atoms with van der Waals surface area (Å²) in [4.78, 5) is 15.1. The minimum atomic E-state index is 0.154. The highest BCUT2D eigenvalue weighted by atomic mass is 16.2. The number of hydrogen-bond acceptors (Lipinski definition) is 3. The van der Waals surface area contributed by atoms with E-state index in [-0.39, 0.29) is 5.91 Å². The smallest absolute Gasteiger partial charge is 0.241 e. The molecule has 0 bridgehead atoms. The van der Waals surface area contributed by atoms with Crippen molar-refractivity contribution >= 4 is 11.6 Å². The van der Waals surface area contributed by atoms with Crippen molar-refractivity contribution < 1.29 is 4.79 Å². The number of piperazine rings is 1. The van der Waals surface area contributed by atoms with Crippen LogP contribution in [0, 0.1) is 0 Å². The van der Waals surface area contributed by atoms with Crippen molar-refractivity contribution in [3.05, 3.63) is 66.2 Å². The molecule has 0 aromatic heterocycles. The molecule has 4 heteroatoms. The van der Waals surface area contributed by atoms with Crippen molar-refractivity contribution in [2.24, 2.45) is 0 Å². The van der Waals surface area contributed by atoms with Gasteiger partial charge in [-0.1, -0.05) is 55.5 Å². The van der Waals surface area contributed by atoms with Crippen molar-refractivity contribution in [3.63, 3.8) is 0 Å². The summed E-state index contributed by atoms with van der Waals surface area (Å²) in [6, 6.07) is 21.0. The van der Waals surface area contributed by atoms with Crippen molar-refractivity contribution in [1.82, 2.24) is 9.91 Å². The van der Waals surface area contributed by atoms with E-state index in [1.807, 2.05) is 42.3 Å². The second-order valence-electron chi connectivity index (χ2n) is 6.94. The van der Waals surface area contributed by atoms with Gasteiger partial charge in [0.2, 0.25) is 5.91 Å². The second kappa shape index (κ2) is 8.97. The molecule has 0 N–H and O–H groups in total. The zero-order valence-corrected chi connectivity index (χ0v) is 15.8. The van der Waals surface area contributed by atoms with E-state index in [2.05, 4.69) is 47.2 Å². The highest BCUT2D eigenvalue weighted by Gasteiger charge is 2.31. The van der Waals surface area contributed by atoms with Crippen molar-refractivity contribution in [2.45, 2.75) is 32.7 Å². The molecule has 26 heavy (non-hydrogen) atoms. The molecule has 1 aliphatic rings. The third-order valence-corrected chi connectivity index (χ3v) is 5.03. The summed E-state index contributed by atoms with van der Waals surface area (Å²) in [5, 5.41) is 4.12. The summed E-state index contributed by atoms with van der Waals surface area (Å²) in [6.07, 6.45) is 1.58. The maximum Gasteiger partial charge on any atom is 0.241 e. The van der Waals surface area contributed by atoms with E-state index < -0.39 is 0 Å². The van der Waals surface area contributed by atoms with E-state index in [1.54, 1.807) is 0 Å². The molecule has 3 rings (SSSR count). The van der Waals surface area contributed by atoms with Gasteiger partial charge in [0.25, 0.3) is 0 Å². The molecule has 2 aromatic carbocycles. The molecule has 0 unspecified atom stereocenters. The molecule has 2 aromatic rings. The summed E-state index contributed by atoms with van der Waals surface area (Å²) in [7, 11) is 0. The van der Waals surface area contributed by atoms with E-state index in [9.17, 15) is 4.79 Å². The van der Waals surface area contributed by atoms with Gasteiger partial charge in [0.1, 0.15) is 0 Å². The maximum atomic E-state index is 12.6. The van der Waals surface area contributed by atoms with Gasteiger partial charge in [0, 0.05) is 38.6 Å². The zero-order valence-electron chi connectivity index (χ0n) is 15.8. The van der Waals surface area contributed by atoms with Crippen LogP contribution in [0.1, 0.15) is 25.8 Å².